The number of allylic oxidation sites excluding steroid dienone is 2. The monoisotopic (exact) mass is 244 g/mol. The van der Waals surface area contributed by atoms with E-state index in [2.05, 4.69) is 0 Å². The van der Waals surface area contributed by atoms with Crippen LogP contribution in [0.1, 0.15) is 0 Å². The molecule has 0 unspecified atom stereocenters. The highest BCUT2D eigenvalue weighted by molar-refractivity contribution is 5.40. The predicted molar refractivity (Wildman–Crippen MR) is 29.0 cm³/mol. The number of alkyl halides is 9. The number of hydrogen-bond acceptors (Lipinski definition) is 0. The van der Waals surface area contributed by atoms with Crippen molar-refractivity contribution in [2.45, 2.75) is 23.9 Å². The van der Waals surface area contributed by atoms with Gasteiger partial charge in [0, 0.05) is 6.08 Å². The molecule has 15 heavy (non-hydrogen) atoms. The summed E-state index contributed by atoms with van der Waals surface area (Å²) in [6.45, 7) is 0. The summed E-state index contributed by atoms with van der Waals surface area (Å²) < 4.78 is 107. The molecule has 88 valence electrons. The standard InChI is InChI=1S/C6HF9/c7-3(8)1-2(4(3,9)10)5(11,12)6(13,14)15/h1H. The molecule has 0 aromatic carbocycles. The van der Waals surface area contributed by atoms with Crippen LogP contribution >= 0.6 is 0 Å². The maximum absolute atomic E-state index is 12.2. The lowest BCUT2D eigenvalue weighted by Crippen LogP contribution is -2.58. The lowest BCUT2D eigenvalue weighted by Gasteiger charge is -2.38. The van der Waals surface area contributed by atoms with E-state index in [0.717, 1.165) is 0 Å². The Labute approximate surface area is 76.4 Å². The third-order valence-corrected chi connectivity index (χ3v) is 1.78. The molecular formula is C6HF9. The first-order chi connectivity index (χ1) is 6.34. The molecule has 0 N–H and O–H groups in total. The Morgan fingerprint density at radius 3 is 1.47 bits per heavy atom. The number of hydrogen-bond donors (Lipinski definition) is 0. The molecule has 9 heteroatoms. The van der Waals surface area contributed by atoms with Gasteiger partial charge in [0.15, 0.2) is 0 Å². The van der Waals surface area contributed by atoms with Crippen molar-refractivity contribution in [2.75, 3.05) is 0 Å². The lowest BCUT2D eigenvalue weighted by atomic mass is 9.84. The van der Waals surface area contributed by atoms with E-state index in [-0.39, 0.29) is 0 Å². The highest BCUT2D eigenvalue weighted by Crippen LogP contribution is 2.58. The fourth-order valence-electron chi connectivity index (χ4n) is 0.905. The van der Waals surface area contributed by atoms with Gasteiger partial charge in [-0.3, -0.25) is 0 Å². The van der Waals surface area contributed by atoms with Crippen LogP contribution in [0.5, 0.6) is 0 Å². The van der Waals surface area contributed by atoms with Gasteiger partial charge in [0.1, 0.15) is 0 Å². The summed E-state index contributed by atoms with van der Waals surface area (Å²) in [5, 5.41) is 0. The van der Waals surface area contributed by atoms with Crippen molar-refractivity contribution in [3.8, 4) is 0 Å². The summed E-state index contributed by atoms with van der Waals surface area (Å²) >= 11 is 0. The predicted octanol–water partition coefficient (Wildman–Crippen LogP) is 3.39. The summed E-state index contributed by atoms with van der Waals surface area (Å²) in [6, 6.07) is 0. The number of halogens is 9. The summed E-state index contributed by atoms with van der Waals surface area (Å²) in [6.07, 6.45) is -7.39. The van der Waals surface area contributed by atoms with Crippen LogP contribution in [0, 0.1) is 0 Å². The average Bonchev–Trinajstić information content (AvgIpc) is 1.98. The second kappa shape index (κ2) is 2.62. The molecule has 0 nitrogen and oxygen atoms in total. The Balaban J connectivity index is 3.15. The van der Waals surface area contributed by atoms with Crippen molar-refractivity contribution < 1.29 is 39.5 Å². The fourth-order valence-corrected chi connectivity index (χ4v) is 0.905. The maximum atomic E-state index is 12.2. The van der Waals surface area contributed by atoms with Gasteiger partial charge in [-0.1, -0.05) is 0 Å². The molecule has 1 rings (SSSR count). The fraction of sp³-hybridized carbons (Fsp3) is 0.667. The Morgan fingerprint density at radius 1 is 0.867 bits per heavy atom. The van der Waals surface area contributed by atoms with E-state index in [1.807, 2.05) is 0 Å². The molecular weight excluding hydrogens is 243 g/mol. The zero-order valence-corrected chi connectivity index (χ0v) is 6.48. The van der Waals surface area contributed by atoms with Gasteiger partial charge in [0.05, 0.1) is 5.57 Å². The summed E-state index contributed by atoms with van der Waals surface area (Å²) in [4.78, 5) is 0. The van der Waals surface area contributed by atoms with Gasteiger partial charge in [-0.25, -0.2) is 0 Å². The first-order valence-electron chi connectivity index (χ1n) is 3.28. The molecule has 0 aromatic heterocycles. The van der Waals surface area contributed by atoms with E-state index >= 15 is 0 Å². The molecule has 0 aromatic rings. The van der Waals surface area contributed by atoms with Gasteiger partial charge in [0.2, 0.25) is 0 Å². The largest absolute Gasteiger partial charge is 0.457 e. The third-order valence-electron chi connectivity index (χ3n) is 1.78. The second-order valence-electron chi connectivity index (χ2n) is 2.83. The van der Waals surface area contributed by atoms with Crippen molar-refractivity contribution >= 4 is 0 Å². The molecule has 0 spiro atoms. The molecule has 1 aliphatic carbocycles. The van der Waals surface area contributed by atoms with E-state index in [9.17, 15) is 39.5 Å². The summed E-state index contributed by atoms with van der Waals surface area (Å²) in [5.41, 5.74) is -2.91. The molecule has 0 saturated carbocycles. The highest BCUT2D eigenvalue weighted by Gasteiger charge is 2.77. The molecule has 0 fully saturated rings. The molecule has 0 radical (unpaired) electrons. The molecule has 1 aliphatic rings. The molecule has 0 aliphatic heterocycles. The molecule has 0 atom stereocenters. The highest BCUT2D eigenvalue weighted by atomic mass is 19.4. The maximum Gasteiger partial charge on any atom is 0.457 e. The Bertz CT molecular complexity index is 307. The second-order valence-corrected chi connectivity index (χ2v) is 2.83. The van der Waals surface area contributed by atoms with Gasteiger partial charge < -0.3 is 0 Å². The summed E-state index contributed by atoms with van der Waals surface area (Å²) in [7, 11) is 0. The van der Waals surface area contributed by atoms with Gasteiger partial charge in [-0.15, -0.1) is 0 Å². The molecule has 0 saturated heterocycles. The minimum atomic E-state index is -6.32. The quantitative estimate of drug-likeness (QED) is 0.490. The van der Waals surface area contributed by atoms with Crippen LogP contribution in [0.15, 0.2) is 11.6 Å². The van der Waals surface area contributed by atoms with Crippen molar-refractivity contribution in [3.05, 3.63) is 11.6 Å². The Kier molecular flexibility index (Phi) is 2.12. The van der Waals surface area contributed by atoms with Crippen molar-refractivity contribution in [2.24, 2.45) is 0 Å². The Hall–Kier alpha value is -0.890. The first-order valence-corrected chi connectivity index (χ1v) is 3.28. The summed E-state index contributed by atoms with van der Waals surface area (Å²) in [5.74, 6) is -16.4. The van der Waals surface area contributed by atoms with Crippen LogP contribution in [0.4, 0.5) is 39.5 Å². The van der Waals surface area contributed by atoms with Crippen LogP contribution < -0.4 is 0 Å². The first kappa shape index (κ1) is 12.2. The normalized spacial score (nSPS) is 24.5. The zero-order chi connectivity index (χ0) is 12.3. The van der Waals surface area contributed by atoms with Crippen molar-refractivity contribution in [3.63, 3.8) is 0 Å². The van der Waals surface area contributed by atoms with Crippen LogP contribution in [-0.2, 0) is 0 Å². The lowest BCUT2D eigenvalue weighted by molar-refractivity contribution is -0.293. The van der Waals surface area contributed by atoms with Crippen molar-refractivity contribution in [1.82, 2.24) is 0 Å². The van der Waals surface area contributed by atoms with Gasteiger partial charge in [-0.05, 0) is 0 Å². The zero-order valence-electron chi connectivity index (χ0n) is 6.48. The van der Waals surface area contributed by atoms with Gasteiger partial charge in [0.25, 0.3) is 0 Å². The minimum Gasteiger partial charge on any atom is -0.195 e. The average molecular weight is 244 g/mol. The van der Waals surface area contributed by atoms with E-state index in [4.69, 9.17) is 0 Å². The van der Waals surface area contributed by atoms with Crippen LogP contribution in [-0.4, -0.2) is 23.9 Å². The molecule has 0 heterocycles. The van der Waals surface area contributed by atoms with E-state index in [0.29, 0.717) is 0 Å². The van der Waals surface area contributed by atoms with E-state index in [1.54, 1.807) is 0 Å². The third kappa shape index (κ3) is 1.39. The smallest absolute Gasteiger partial charge is 0.195 e. The van der Waals surface area contributed by atoms with Gasteiger partial charge in [-0.2, -0.15) is 39.5 Å². The topological polar surface area (TPSA) is 0 Å². The van der Waals surface area contributed by atoms with Crippen LogP contribution in [0.2, 0.25) is 0 Å². The SMILES string of the molecule is FC(F)(F)C(F)(F)C1=CC(F)(F)C1(F)F. The Morgan fingerprint density at radius 2 is 1.27 bits per heavy atom. The van der Waals surface area contributed by atoms with E-state index < -0.39 is 35.6 Å². The van der Waals surface area contributed by atoms with E-state index in [1.165, 1.54) is 0 Å². The van der Waals surface area contributed by atoms with Crippen molar-refractivity contribution in [1.29, 1.82) is 0 Å². The van der Waals surface area contributed by atoms with Gasteiger partial charge >= 0.3 is 23.9 Å². The molecule has 0 bridgehead atoms. The van der Waals surface area contributed by atoms with Crippen LogP contribution in [0.25, 0.3) is 0 Å². The molecule has 0 amide bonds. The number of rotatable bonds is 1. The minimum absolute atomic E-state index is 1.07. The van der Waals surface area contributed by atoms with Crippen LogP contribution in [0.3, 0.4) is 0 Å².